The van der Waals surface area contributed by atoms with E-state index in [2.05, 4.69) is 14.9 Å². The molecular weight excluding hydrogens is 258 g/mol. The van der Waals surface area contributed by atoms with Crippen LogP contribution < -0.4 is 11.1 Å². The summed E-state index contributed by atoms with van der Waals surface area (Å²) in [6.45, 7) is 9.01. The molecule has 0 aromatic heterocycles. The number of hydrogen-bond acceptors (Lipinski definition) is 4. The molecule has 0 unspecified atom stereocenters. The lowest BCUT2D eigenvalue weighted by Gasteiger charge is -1.82. The van der Waals surface area contributed by atoms with Gasteiger partial charge in [0.2, 0.25) is 12.5 Å². The van der Waals surface area contributed by atoms with Crippen molar-refractivity contribution in [1.82, 2.24) is 5.32 Å². The fraction of sp³-hybridized carbons (Fsp3) is 0.786. The van der Waals surface area contributed by atoms with E-state index in [0.717, 1.165) is 19.3 Å². The molecule has 114 valence electrons. The number of nitrogens with zero attached hydrogens (tertiary/aromatic N) is 1. The molecule has 3 fully saturated rings. The minimum absolute atomic E-state index is 0.426. The monoisotopic (exact) mass is 283 g/mol. The first-order chi connectivity index (χ1) is 9.67. The van der Waals surface area contributed by atoms with Crippen LogP contribution in [0.15, 0.2) is 0 Å². The van der Waals surface area contributed by atoms with Crippen molar-refractivity contribution < 1.29 is 14.3 Å². The van der Waals surface area contributed by atoms with Crippen LogP contribution in [0.1, 0.15) is 45.4 Å². The van der Waals surface area contributed by atoms with Crippen molar-refractivity contribution in [2.24, 2.45) is 5.73 Å². The maximum absolute atomic E-state index is 9.54. The van der Waals surface area contributed by atoms with E-state index in [1.165, 1.54) is 25.7 Å². The number of hydrogen-bond donors (Lipinski definition) is 2. The van der Waals surface area contributed by atoms with E-state index < -0.39 is 0 Å². The lowest BCUT2D eigenvalue weighted by molar-refractivity contribution is -0.128. The summed E-state index contributed by atoms with van der Waals surface area (Å²) >= 11 is 0. The average Bonchev–Trinajstić information content (AvgIpc) is 3.28. The summed E-state index contributed by atoms with van der Waals surface area (Å²) < 4.78 is 4.15. The van der Waals surface area contributed by atoms with Crippen LogP contribution in [0.2, 0.25) is 0 Å². The molecule has 0 spiro atoms. The molecule has 0 heterocycles. The molecule has 0 aromatic rings. The molecule has 3 rings (SSSR count). The SMILES string of the molecule is CCOC=O.NC1CC1.O=CNC1CC1.[C-]#[N+]C1CC1. The first-order valence-corrected chi connectivity index (χ1v) is 7.04. The van der Waals surface area contributed by atoms with E-state index in [0.29, 0.717) is 31.2 Å². The normalized spacial score (nSPS) is 18.2. The van der Waals surface area contributed by atoms with Gasteiger partial charge in [-0.3, -0.25) is 9.59 Å². The van der Waals surface area contributed by atoms with Crippen LogP contribution >= 0.6 is 0 Å². The second-order valence-corrected chi connectivity index (χ2v) is 4.81. The Bertz CT molecular complexity index is 293. The Morgan fingerprint density at radius 3 is 1.85 bits per heavy atom. The number of nitrogens with one attached hydrogen (secondary N) is 1. The van der Waals surface area contributed by atoms with Crippen molar-refractivity contribution in [3.63, 3.8) is 0 Å². The highest BCUT2D eigenvalue weighted by Crippen LogP contribution is 2.22. The van der Waals surface area contributed by atoms with Gasteiger partial charge in [-0.15, -0.1) is 0 Å². The van der Waals surface area contributed by atoms with Crippen LogP contribution in [-0.4, -0.2) is 37.6 Å². The van der Waals surface area contributed by atoms with E-state index in [4.69, 9.17) is 12.3 Å². The fourth-order valence-corrected chi connectivity index (χ4v) is 0.714. The minimum Gasteiger partial charge on any atom is -0.468 e. The number of rotatable bonds is 4. The molecule has 6 nitrogen and oxygen atoms in total. The topological polar surface area (TPSA) is 85.8 Å². The molecule has 20 heavy (non-hydrogen) atoms. The lowest BCUT2D eigenvalue weighted by atomic mass is 10.7. The Balaban J connectivity index is 0.000000243. The second-order valence-electron chi connectivity index (χ2n) is 4.81. The molecule has 0 aromatic carbocycles. The van der Waals surface area contributed by atoms with Gasteiger partial charge in [-0.25, -0.2) is 6.57 Å². The summed E-state index contributed by atoms with van der Waals surface area (Å²) in [6, 6.07) is 1.54. The zero-order valence-electron chi connectivity index (χ0n) is 12.1. The zero-order valence-corrected chi connectivity index (χ0v) is 12.1. The molecule has 6 heteroatoms. The van der Waals surface area contributed by atoms with Crippen LogP contribution in [0.3, 0.4) is 0 Å². The number of nitrogens with two attached hydrogens (primary N) is 1. The van der Waals surface area contributed by atoms with Crippen LogP contribution in [0.25, 0.3) is 4.85 Å². The largest absolute Gasteiger partial charge is 0.468 e. The van der Waals surface area contributed by atoms with Crippen molar-refractivity contribution in [2.75, 3.05) is 6.61 Å². The first kappa shape index (κ1) is 18.4. The Hall–Kier alpha value is -1.61. The Morgan fingerprint density at radius 1 is 1.25 bits per heavy atom. The summed E-state index contributed by atoms with van der Waals surface area (Å²) in [6.07, 6.45) is 7.96. The smallest absolute Gasteiger partial charge is 0.293 e. The van der Waals surface area contributed by atoms with Crippen molar-refractivity contribution in [3.8, 4) is 0 Å². The van der Waals surface area contributed by atoms with Gasteiger partial charge in [-0.1, -0.05) is 0 Å². The average molecular weight is 283 g/mol. The minimum atomic E-state index is 0.426. The third-order valence-corrected chi connectivity index (χ3v) is 2.47. The molecule has 0 atom stereocenters. The third-order valence-electron chi connectivity index (χ3n) is 2.47. The number of carbonyl (C=O) groups is 2. The maximum atomic E-state index is 9.54. The Labute approximate surface area is 120 Å². The summed E-state index contributed by atoms with van der Waals surface area (Å²) in [5, 5.41) is 2.64. The number of carbonyl (C=O) groups excluding carboxylic acids is 2. The van der Waals surface area contributed by atoms with Gasteiger partial charge >= 0.3 is 0 Å². The van der Waals surface area contributed by atoms with Crippen molar-refractivity contribution in [3.05, 3.63) is 11.4 Å². The van der Waals surface area contributed by atoms with Crippen LogP contribution in [-0.2, 0) is 14.3 Å². The maximum Gasteiger partial charge on any atom is 0.293 e. The molecule has 3 aliphatic carbocycles. The molecule has 1 amide bonds. The first-order valence-electron chi connectivity index (χ1n) is 7.04. The van der Waals surface area contributed by atoms with Gasteiger partial charge in [0, 0.05) is 24.9 Å². The van der Waals surface area contributed by atoms with E-state index in [9.17, 15) is 9.59 Å². The van der Waals surface area contributed by atoms with Crippen LogP contribution in [0.5, 0.6) is 0 Å². The Kier molecular flexibility index (Phi) is 11.4. The molecule has 3 N–H and O–H groups in total. The van der Waals surface area contributed by atoms with E-state index in [1.54, 1.807) is 6.92 Å². The van der Waals surface area contributed by atoms with E-state index >= 15 is 0 Å². The van der Waals surface area contributed by atoms with E-state index in [-0.39, 0.29) is 0 Å². The van der Waals surface area contributed by atoms with Gasteiger partial charge in [0.25, 0.3) is 6.47 Å². The summed E-state index contributed by atoms with van der Waals surface area (Å²) in [4.78, 5) is 22.0. The van der Waals surface area contributed by atoms with Gasteiger partial charge in [-0.05, 0) is 32.6 Å². The molecule has 3 aliphatic rings. The molecule has 0 aliphatic heterocycles. The summed E-state index contributed by atoms with van der Waals surface area (Å²) in [5.74, 6) is 0. The molecule has 0 bridgehead atoms. The number of amides is 1. The predicted octanol–water partition coefficient (Wildman–Crippen LogP) is 1.25. The standard InChI is InChI=1S/C4H7NO.C4H5N.C3H7N.C3H6O2/c6-3-5-4-1-2-4;1-5-4-2-3-4;4-3-1-2-3;1-2-5-3-4/h3-4H,1-2H2,(H,5,6);4H,2-3H2;3H,1-2,4H2;3H,2H2,1H3. The van der Waals surface area contributed by atoms with Crippen molar-refractivity contribution >= 4 is 12.9 Å². The second kappa shape index (κ2) is 12.4. The highest BCUT2D eigenvalue weighted by Gasteiger charge is 2.26. The molecule has 3 saturated carbocycles. The van der Waals surface area contributed by atoms with Gasteiger partial charge in [0.1, 0.15) is 0 Å². The highest BCUT2D eigenvalue weighted by atomic mass is 16.5. The molecule has 0 radical (unpaired) electrons. The lowest BCUT2D eigenvalue weighted by Crippen LogP contribution is -2.11. The third kappa shape index (κ3) is 18.7. The zero-order chi connectivity index (χ0) is 15.2. The summed E-state index contributed by atoms with van der Waals surface area (Å²) in [7, 11) is 0. The predicted molar refractivity (Wildman–Crippen MR) is 76.7 cm³/mol. The van der Waals surface area contributed by atoms with Gasteiger partial charge in [-0.2, -0.15) is 0 Å². The number of ether oxygens (including phenoxy) is 1. The molecule has 0 saturated heterocycles. The van der Waals surface area contributed by atoms with Gasteiger partial charge in [0.05, 0.1) is 6.61 Å². The van der Waals surface area contributed by atoms with Crippen LogP contribution in [0.4, 0.5) is 0 Å². The van der Waals surface area contributed by atoms with Gasteiger partial charge in [0.15, 0.2) is 0 Å². The summed E-state index contributed by atoms with van der Waals surface area (Å²) in [5.41, 5.74) is 5.22. The van der Waals surface area contributed by atoms with Crippen LogP contribution in [0, 0.1) is 6.57 Å². The van der Waals surface area contributed by atoms with E-state index in [1.807, 2.05) is 0 Å². The van der Waals surface area contributed by atoms with Crippen molar-refractivity contribution in [2.45, 2.75) is 63.6 Å². The fourth-order valence-electron chi connectivity index (χ4n) is 0.714. The quantitative estimate of drug-likeness (QED) is 0.600. The van der Waals surface area contributed by atoms with Gasteiger partial charge < -0.3 is 20.6 Å². The Morgan fingerprint density at radius 2 is 1.80 bits per heavy atom. The van der Waals surface area contributed by atoms with Crippen molar-refractivity contribution in [1.29, 1.82) is 0 Å². The highest BCUT2D eigenvalue weighted by molar-refractivity contribution is 5.47. The molecular formula is C14H25N3O3.